The molecule has 106 valence electrons. The first-order valence-electron chi connectivity index (χ1n) is 6.17. The Hall–Kier alpha value is -1.43. The summed E-state index contributed by atoms with van der Waals surface area (Å²) in [6, 6.07) is 3.84. The maximum absolute atomic E-state index is 12.6. The van der Waals surface area contributed by atoms with Crippen molar-refractivity contribution in [2.24, 2.45) is 0 Å². The summed E-state index contributed by atoms with van der Waals surface area (Å²) in [4.78, 5) is 4.17. The summed E-state index contributed by atoms with van der Waals surface area (Å²) in [5.74, 6) is 0. The minimum absolute atomic E-state index is 0.173. The van der Waals surface area contributed by atoms with Gasteiger partial charge in [-0.2, -0.15) is 13.2 Å². The molecule has 0 saturated carbocycles. The number of nitrogens with two attached hydrogens (primary N) is 1. The average Bonchev–Trinajstić information content (AvgIpc) is 2.73. The van der Waals surface area contributed by atoms with Crippen LogP contribution in [0.5, 0.6) is 0 Å². The van der Waals surface area contributed by atoms with E-state index in [1.54, 1.807) is 0 Å². The number of anilines is 2. The Labute approximate surface area is 110 Å². The highest BCUT2D eigenvalue weighted by Gasteiger charge is 2.31. The fourth-order valence-corrected chi connectivity index (χ4v) is 2.48. The number of benzene rings is 1. The van der Waals surface area contributed by atoms with Gasteiger partial charge in [-0.3, -0.25) is 0 Å². The molecule has 1 saturated heterocycles. The molecule has 1 aromatic carbocycles. The van der Waals surface area contributed by atoms with Gasteiger partial charge in [0.25, 0.3) is 0 Å². The first-order valence-corrected chi connectivity index (χ1v) is 6.17. The van der Waals surface area contributed by atoms with E-state index in [9.17, 15) is 13.2 Å². The monoisotopic (exact) mass is 273 g/mol. The molecular weight excluding hydrogens is 255 g/mol. The lowest BCUT2D eigenvalue weighted by Crippen LogP contribution is -2.34. The fraction of sp³-hybridized carbons (Fsp3) is 0.538. The summed E-state index contributed by atoms with van der Waals surface area (Å²) in [6.45, 7) is 1.90. The van der Waals surface area contributed by atoms with Gasteiger partial charge in [-0.05, 0) is 38.2 Å². The molecule has 1 atom stereocenters. The third-order valence-corrected chi connectivity index (χ3v) is 3.65. The van der Waals surface area contributed by atoms with Gasteiger partial charge in [0.2, 0.25) is 0 Å². The van der Waals surface area contributed by atoms with Crippen LogP contribution in [-0.2, 0) is 6.18 Å². The Morgan fingerprint density at radius 1 is 1.37 bits per heavy atom. The Kier molecular flexibility index (Phi) is 3.62. The largest absolute Gasteiger partial charge is 0.416 e. The predicted octanol–water partition coefficient (Wildman–Crippen LogP) is 2.43. The van der Waals surface area contributed by atoms with Gasteiger partial charge in [-0.1, -0.05) is 0 Å². The van der Waals surface area contributed by atoms with Gasteiger partial charge in [-0.15, -0.1) is 0 Å². The number of hydrogen-bond donors (Lipinski definition) is 1. The Bertz CT molecular complexity index is 459. The van der Waals surface area contributed by atoms with Crippen molar-refractivity contribution < 1.29 is 13.2 Å². The molecule has 1 heterocycles. The summed E-state index contributed by atoms with van der Waals surface area (Å²) in [5, 5.41) is 0. The third-order valence-electron chi connectivity index (χ3n) is 3.65. The van der Waals surface area contributed by atoms with E-state index in [1.165, 1.54) is 6.07 Å². The van der Waals surface area contributed by atoms with Gasteiger partial charge in [-0.25, -0.2) is 0 Å². The van der Waals surface area contributed by atoms with Crippen LogP contribution in [0, 0.1) is 0 Å². The highest BCUT2D eigenvalue weighted by molar-refractivity contribution is 5.69. The molecule has 2 N–H and O–H groups in total. The van der Waals surface area contributed by atoms with Crippen LogP contribution < -0.4 is 10.6 Å². The van der Waals surface area contributed by atoms with Crippen molar-refractivity contribution in [2.75, 3.05) is 37.8 Å². The molecule has 0 spiro atoms. The van der Waals surface area contributed by atoms with Gasteiger partial charge < -0.3 is 15.5 Å². The first kappa shape index (κ1) is 14.0. The van der Waals surface area contributed by atoms with Crippen LogP contribution in [0.4, 0.5) is 24.5 Å². The highest BCUT2D eigenvalue weighted by atomic mass is 19.4. The molecule has 1 aliphatic heterocycles. The molecule has 0 aliphatic carbocycles. The van der Waals surface area contributed by atoms with Gasteiger partial charge in [0.05, 0.1) is 16.9 Å². The van der Waals surface area contributed by atoms with Crippen LogP contribution in [-0.4, -0.2) is 38.1 Å². The summed E-state index contributed by atoms with van der Waals surface area (Å²) in [6.07, 6.45) is -3.35. The highest BCUT2D eigenvalue weighted by Crippen LogP contribution is 2.34. The summed E-state index contributed by atoms with van der Waals surface area (Å²) in [7, 11) is 3.91. The van der Waals surface area contributed by atoms with E-state index in [1.807, 2.05) is 19.0 Å². The van der Waals surface area contributed by atoms with Crippen molar-refractivity contribution >= 4 is 11.4 Å². The molecule has 0 bridgehead atoms. The predicted molar refractivity (Wildman–Crippen MR) is 70.2 cm³/mol. The third kappa shape index (κ3) is 2.94. The number of nitrogens with zero attached hydrogens (tertiary/aromatic N) is 2. The van der Waals surface area contributed by atoms with Crippen LogP contribution in [0.2, 0.25) is 0 Å². The molecule has 2 rings (SSSR count). The van der Waals surface area contributed by atoms with Crippen LogP contribution in [0.15, 0.2) is 18.2 Å². The molecule has 0 amide bonds. The van der Waals surface area contributed by atoms with Crippen LogP contribution in [0.1, 0.15) is 12.0 Å². The smallest absolute Gasteiger partial charge is 0.397 e. The fourth-order valence-electron chi connectivity index (χ4n) is 2.48. The number of likely N-dealkylation sites (tertiary alicyclic amines) is 1. The Morgan fingerprint density at radius 2 is 2.05 bits per heavy atom. The molecule has 0 radical (unpaired) electrons. The SMILES string of the molecule is CN1CCC(N(C)c2ccc(C(F)(F)F)cc2N)C1. The minimum Gasteiger partial charge on any atom is -0.397 e. The van der Waals surface area contributed by atoms with E-state index in [0.29, 0.717) is 11.7 Å². The van der Waals surface area contributed by atoms with E-state index in [-0.39, 0.29) is 5.69 Å². The van der Waals surface area contributed by atoms with Crippen molar-refractivity contribution in [1.82, 2.24) is 4.90 Å². The average molecular weight is 273 g/mol. The second kappa shape index (κ2) is 4.92. The van der Waals surface area contributed by atoms with E-state index >= 15 is 0 Å². The summed E-state index contributed by atoms with van der Waals surface area (Å²) >= 11 is 0. The number of hydrogen-bond acceptors (Lipinski definition) is 3. The minimum atomic E-state index is -4.35. The van der Waals surface area contributed by atoms with E-state index in [4.69, 9.17) is 5.73 Å². The Balaban J connectivity index is 2.21. The zero-order valence-electron chi connectivity index (χ0n) is 11.0. The van der Waals surface area contributed by atoms with E-state index in [0.717, 1.165) is 31.6 Å². The lowest BCUT2D eigenvalue weighted by molar-refractivity contribution is -0.137. The van der Waals surface area contributed by atoms with Crippen molar-refractivity contribution in [2.45, 2.75) is 18.6 Å². The maximum atomic E-state index is 12.6. The molecular formula is C13H18F3N3. The molecule has 0 aromatic heterocycles. The van der Waals surface area contributed by atoms with Crippen LogP contribution >= 0.6 is 0 Å². The molecule has 1 fully saturated rings. The zero-order chi connectivity index (χ0) is 14.2. The van der Waals surface area contributed by atoms with Crippen molar-refractivity contribution in [3.8, 4) is 0 Å². The number of nitrogen functional groups attached to an aromatic ring is 1. The maximum Gasteiger partial charge on any atom is 0.416 e. The number of halogens is 3. The summed E-state index contributed by atoms with van der Waals surface area (Å²) < 4.78 is 37.7. The number of rotatable bonds is 2. The normalized spacial score (nSPS) is 20.8. The quantitative estimate of drug-likeness (QED) is 0.840. The lowest BCUT2D eigenvalue weighted by Gasteiger charge is -2.28. The van der Waals surface area contributed by atoms with Gasteiger partial charge in [0.15, 0.2) is 0 Å². The zero-order valence-corrected chi connectivity index (χ0v) is 11.0. The van der Waals surface area contributed by atoms with E-state index in [2.05, 4.69) is 4.90 Å². The first-order chi connectivity index (χ1) is 8.79. The topological polar surface area (TPSA) is 32.5 Å². The van der Waals surface area contributed by atoms with Gasteiger partial charge in [0.1, 0.15) is 0 Å². The van der Waals surface area contributed by atoms with Crippen molar-refractivity contribution in [3.05, 3.63) is 23.8 Å². The summed E-state index contributed by atoms with van der Waals surface area (Å²) in [5.41, 5.74) is 5.90. The number of likely N-dealkylation sites (N-methyl/N-ethyl adjacent to an activating group) is 2. The van der Waals surface area contributed by atoms with Gasteiger partial charge >= 0.3 is 6.18 Å². The van der Waals surface area contributed by atoms with E-state index < -0.39 is 11.7 Å². The molecule has 1 unspecified atom stereocenters. The molecule has 3 nitrogen and oxygen atoms in total. The Morgan fingerprint density at radius 3 is 2.53 bits per heavy atom. The standard InChI is InChI=1S/C13H18F3N3/c1-18-6-5-10(8-18)19(2)12-4-3-9(7-11(12)17)13(14,15)16/h3-4,7,10H,5-6,8,17H2,1-2H3. The molecule has 1 aromatic rings. The van der Waals surface area contributed by atoms with Crippen molar-refractivity contribution in [3.63, 3.8) is 0 Å². The second-order valence-electron chi connectivity index (χ2n) is 5.09. The second-order valence-corrected chi connectivity index (χ2v) is 5.09. The van der Waals surface area contributed by atoms with Crippen LogP contribution in [0.25, 0.3) is 0 Å². The molecule has 1 aliphatic rings. The molecule has 6 heteroatoms. The molecule has 19 heavy (non-hydrogen) atoms. The van der Waals surface area contributed by atoms with Crippen LogP contribution in [0.3, 0.4) is 0 Å². The number of alkyl halides is 3. The van der Waals surface area contributed by atoms with Crippen molar-refractivity contribution in [1.29, 1.82) is 0 Å². The van der Waals surface area contributed by atoms with Gasteiger partial charge in [0, 0.05) is 19.6 Å². The lowest BCUT2D eigenvalue weighted by atomic mass is 10.1.